The van der Waals surface area contributed by atoms with Gasteiger partial charge in [-0.15, -0.1) is 24.0 Å². The fourth-order valence-corrected chi connectivity index (χ4v) is 1.91. The molecule has 3 N–H and O–H groups in total. The predicted octanol–water partition coefficient (Wildman–Crippen LogP) is 3.41. The summed E-state index contributed by atoms with van der Waals surface area (Å²) in [6.07, 6.45) is 0. The molecule has 0 unspecified atom stereocenters. The first-order valence-corrected chi connectivity index (χ1v) is 6.74. The van der Waals surface area contributed by atoms with E-state index in [-0.39, 0.29) is 34.8 Å². The third kappa shape index (κ3) is 5.31. The molecular weight excluding hydrogens is 361 g/mol. The third-order valence-electron chi connectivity index (χ3n) is 3.48. The van der Waals surface area contributed by atoms with E-state index in [4.69, 9.17) is 5.73 Å². The molecule has 0 amide bonds. The summed E-state index contributed by atoms with van der Waals surface area (Å²) in [5, 5.41) is 3.14. The SMILES string of the molecule is CN=C(N)NCC(C)(C)c1ccc(C(C)(C)C)cc1.I. The number of hydrogen-bond acceptors (Lipinski definition) is 1. The van der Waals surface area contributed by atoms with Gasteiger partial charge in [-0.2, -0.15) is 0 Å². The topological polar surface area (TPSA) is 50.4 Å². The molecule has 0 saturated heterocycles. The highest BCUT2D eigenvalue weighted by Gasteiger charge is 2.21. The Morgan fingerprint density at radius 3 is 1.90 bits per heavy atom. The Kier molecular flexibility index (Phi) is 7.01. The standard InChI is InChI=1S/C16H27N3.HI/c1-15(2,3)12-7-9-13(10-8-12)16(4,5)11-19-14(17)18-6;/h7-10H,11H2,1-6H3,(H3,17,18,19);1H. The zero-order valence-corrected chi connectivity index (χ0v) is 15.8. The van der Waals surface area contributed by atoms with Gasteiger partial charge in [-0.05, 0) is 16.5 Å². The molecule has 1 aromatic rings. The van der Waals surface area contributed by atoms with Crippen molar-refractivity contribution in [1.82, 2.24) is 5.32 Å². The smallest absolute Gasteiger partial charge is 0.188 e. The molecule has 20 heavy (non-hydrogen) atoms. The van der Waals surface area contributed by atoms with Gasteiger partial charge in [-0.3, -0.25) is 4.99 Å². The average molecular weight is 389 g/mol. The average Bonchev–Trinajstić information content (AvgIpc) is 2.35. The van der Waals surface area contributed by atoms with Crippen LogP contribution in [0.2, 0.25) is 0 Å². The van der Waals surface area contributed by atoms with Crippen LogP contribution in [0.15, 0.2) is 29.3 Å². The second-order valence-corrected chi connectivity index (χ2v) is 6.67. The Morgan fingerprint density at radius 2 is 1.50 bits per heavy atom. The van der Waals surface area contributed by atoms with Crippen LogP contribution in [-0.4, -0.2) is 19.6 Å². The number of rotatable bonds is 3. The molecule has 0 heterocycles. The highest BCUT2D eigenvalue weighted by atomic mass is 127. The van der Waals surface area contributed by atoms with Gasteiger partial charge in [0.25, 0.3) is 0 Å². The van der Waals surface area contributed by atoms with E-state index in [1.54, 1.807) is 7.05 Å². The number of benzene rings is 1. The molecule has 0 bridgehead atoms. The molecule has 4 heteroatoms. The van der Waals surface area contributed by atoms with E-state index in [9.17, 15) is 0 Å². The molecule has 0 atom stereocenters. The molecule has 0 saturated carbocycles. The van der Waals surface area contributed by atoms with Crippen molar-refractivity contribution < 1.29 is 0 Å². The van der Waals surface area contributed by atoms with Crippen molar-refractivity contribution in [2.24, 2.45) is 10.7 Å². The van der Waals surface area contributed by atoms with Crippen LogP contribution >= 0.6 is 24.0 Å². The monoisotopic (exact) mass is 389 g/mol. The van der Waals surface area contributed by atoms with Crippen LogP contribution in [0.4, 0.5) is 0 Å². The number of halogens is 1. The highest BCUT2D eigenvalue weighted by Crippen LogP contribution is 2.27. The van der Waals surface area contributed by atoms with Crippen molar-refractivity contribution in [2.45, 2.75) is 45.4 Å². The molecule has 1 aromatic carbocycles. The molecule has 0 spiro atoms. The summed E-state index contributed by atoms with van der Waals surface area (Å²) in [5.41, 5.74) is 8.55. The first kappa shape index (κ1) is 19.2. The van der Waals surface area contributed by atoms with Crippen molar-refractivity contribution >= 4 is 29.9 Å². The summed E-state index contributed by atoms with van der Waals surface area (Å²) in [7, 11) is 1.69. The Morgan fingerprint density at radius 1 is 1.05 bits per heavy atom. The van der Waals surface area contributed by atoms with Gasteiger partial charge < -0.3 is 11.1 Å². The van der Waals surface area contributed by atoms with Crippen molar-refractivity contribution in [3.63, 3.8) is 0 Å². The summed E-state index contributed by atoms with van der Waals surface area (Å²) >= 11 is 0. The first-order valence-electron chi connectivity index (χ1n) is 6.74. The maximum atomic E-state index is 5.68. The van der Waals surface area contributed by atoms with Crippen molar-refractivity contribution in [2.75, 3.05) is 13.6 Å². The summed E-state index contributed by atoms with van der Waals surface area (Å²) in [5.74, 6) is 0.486. The van der Waals surface area contributed by atoms with Crippen LogP contribution < -0.4 is 11.1 Å². The van der Waals surface area contributed by atoms with Gasteiger partial charge in [-0.25, -0.2) is 0 Å². The summed E-state index contributed by atoms with van der Waals surface area (Å²) in [6.45, 7) is 11.9. The fraction of sp³-hybridized carbons (Fsp3) is 0.562. The van der Waals surface area contributed by atoms with E-state index in [0.29, 0.717) is 5.96 Å². The zero-order chi connectivity index (χ0) is 14.7. The molecule has 0 aliphatic carbocycles. The van der Waals surface area contributed by atoms with Gasteiger partial charge >= 0.3 is 0 Å². The van der Waals surface area contributed by atoms with Crippen LogP contribution in [0.3, 0.4) is 0 Å². The van der Waals surface area contributed by atoms with Gasteiger partial charge in [0.1, 0.15) is 0 Å². The van der Waals surface area contributed by atoms with Gasteiger partial charge in [0, 0.05) is 19.0 Å². The van der Waals surface area contributed by atoms with E-state index in [1.165, 1.54) is 11.1 Å². The van der Waals surface area contributed by atoms with Crippen LogP contribution in [0, 0.1) is 0 Å². The van der Waals surface area contributed by atoms with E-state index in [1.807, 2.05) is 0 Å². The van der Waals surface area contributed by atoms with Crippen molar-refractivity contribution in [1.29, 1.82) is 0 Å². The summed E-state index contributed by atoms with van der Waals surface area (Å²) in [4.78, 5) is 3.91. The summed E-state index contributed by atoms with van der Waals surface area (Å²) < 4.78 is 0. The molecule has 1 rings (SSSR count). The predicted molar refractivity (Wildman–Crippen MR) is 99.1 cm³/mol. The zero-order valence-electron chi connectivity index (χ0n) is 13.4. The van der Waals surface area contributed by atoms with Crippen molar-refractivity contribution in [3.8, 4) is 0 Å². The number of hydrogen-bond donors (Lipinski definition) is 2. The Balaban J connectivity index is 0.00000361. The third-order valence-corrected chi connectivity index (χ3v) is 3.48. The lowest BCUT2D eigenvalue weighted by atomic mass is 9.81. The second-order valence-electron chi connectivity index (χ2n) is 6.67. The van der Waals surface area contributed by atoms with Gasteiger partial charge in [0.05, 0.1) is 0 Å². The Hall–Kier alpha value is -0.780. The molecule has 114 valence electrons. The molecule has 0 radical (unpaired) electrons. The maximum absolute atomic E-state index is 5.68. The Labute approximate surface area is 140 Å². The van der Waals surface area contributed by atoms with Crippen molar-refractivity contribution in [3.05, 3.63) is 35.4 Å². The number of guanidine groups is 1. The van der Waals surface area contributed by atoms with Crippen LogP contribution in [0.1, 0.15) is 45.7 Å². The largest absolute Gasteiger partial charge is 0.370 e. The lowest BCUT2D eigenvalue weighted by Crippen LogP contribution is -2.40. The number of nitrogens with one attached hydrogen (secondary N) is 1. The number of aliphatic imine (C=N–C) groups is 1. The minimum Gasteiger partial charge on any atom is -0.370 e. The maximum Gasteiger partial charge on any atom is 0.188 e. The quantitative estimate of drug-likeness (QED) is 0.473. The lowest BCUT2D eigenvalue weighted by Gasteiger charge is -2.27. The van der Waals surface area contributed by atoms with Crippen LogP contribution in [-0.2, 0) is 10.8 Å². The lowest BCUT2D eigenvalue weighted by molar-refractivity contribution is 0.510. The molecule has 0 aliphatic heterocycles. The highest BCUT2D eigenvalue weighted by molar-refractivity contribution is 14.0. The molecule has 0 aromatic heterocycles. The summed E-state index contributed by atoms with van der Waals surface area (Å²) in [6, 6.07) is 8.85. The van der Waals surface area contributed by atoms with Crippen LogP contribution in [0.5, 0.6) is 0 Å². The van der Waals surface area contributed by atoms with E-state index in [2.05, 4.69) is 69.2 Å². The van der Waals surface area contributed by atoms with Crippen LogP contribution in [0.25, 0.3) is 0 Å². The molecule has 0 fully saturated rings. The van der Waals surface area contributed by atoms with Gasteiger partial charge in [0.15, 0.2) is 5.96 Å². The minimum atomic E-state index is 0. The van der Waals surface area contributed by atoms with Gasteiger partial charge in [0.2, 0.25) is 0 Å². The number of nitrogens with two attached hydrogens (primary N) is 1. The molecule has 3 nitrogen and oxygen atoms in total. The van der Waals surface area contributed by atoms with E-state index >= 15 is 0 Å². The van der Waals surface area contributed by atoms with Gasteiger partial charge in [-0.1, -0.05) is 58.9 Å². The second kappa shape index (κ2) is 7.29. The minimum absolute atomic E-state index is 0. The first-order chi connectivity index (χ1) is 8.66. The van der Waals surface area contributed by atoms with E-state index in [0.717, 1.165) is 6.54 Å². The normalized spacial score (nSPS) is 12.8. The fourth-order valence-electron chi connectivity index (χ4n) is 1.91. The Bertz CT molecular complexity index is 442. The molecule has 0 aliphatic rings. The number of nitrogens with zero attached hydrogens (tertiary/aromatic N) is 1. The van der Waals surface area contributed by atoms with E-state index < -0.39 is 0 Å². The molecular formula is C16H28IN3.